The maximum Gasteiger partial charge on any atom is 0.266 e. The number of benzene rings is 9. The van der Waals surface area contributed by atoms with Crippen LogP contribution in [0.4, 0.5) is 17.1 Å². The molecule has 3 aliphatic carbocycles. The largest absolute Gasteiger partial charge is 0.382 e. The first-order valence-electron chi connectivity index (χ1n) is 44.1. The predicted octanol–water partition coefficient (Wildman–Crippen LogP) is 14.8. The fourth-order valence-electron chi connectivity index (χ4n) is 22.5. The van der Waals surface area contributed by atoms with Gasteiger partial charge in [-0.25, -0.2) is 38.2 Å². The molecule has 8 saturated heterocycles. The second kappa shape index (κ2) is 38.5. The smallest absolute Gasteiger partial charge is 0.266 e. The van der Waals surface area contributed by atoms with Crippen LogP contribution in [0.15, 0.2) is 270 Å². The van der Waals surface area contributed by atoms with E-state index >= 15 is 18.0 Å². The summed E-state index contributed by atoms with van der Waals surface area (Å²) < 4.78 is 126. The Morgan fingerprint density at radius 2 is 0.717 bits per heavy atom. The topological polar surface area (TPSA) is 289 Å². The Morgan fingerprint density at radius 3 is 1.13 bits per heavy atom. The van der Waals surface area contributed by atoms with Crippen molar-refractivity contribution in [1.29, 1.82) is 0 Å². The Labute approximate surface area is 832 Å². The number of piperazine rings is 3. The number of rotatable bonds is 27. The second-order valence-electron chi connectivity index (χ2n) is 34.9. The quantitative estimate of drug-likeness (QED) is 0.0216. The normalized spacial score (nSPS) is 26.6. The molecular weight excluding hydrogens is 1930 g/mol. The van der Waals surface area contributed by atoms with E-state index in [4.69, 9.17) is 41.0 Å². The highest BCUT2D eigenvalue weighted by Gasteiger charge is 2.80. The van der Waals surface area contributed by atoms with Crippen LogP contribution in [-0.2, 0) is 123 Å². The molecule has 0 aromatic heterocycles. The first-order chi connectivity index (χ1) is 65.2. The van der Waals surface area contributed by atoms with Crippen molar-refractivity contribution in [3.05, 3.63) is 305 Å². The van der Waals surface area contributed by atoms with Crippen molar-refractivity contribution < 1.29 is 82.4 Å². The number of thioether (sulfide) groups is 3. The van der Waals surface area contributed by atoms with Gasteiger partial charge >= 0.3 is 0 Å². The number of para-hydroxylation sites is 3. The van der Waals surface area contributed by atoms with Gasteiger partial charge in [-0.15, -0.1) is 12.6 Å². The van der Waals surface area contributed by atoms with Crippen molar-refractivity contribution in [2.45, 2.75) is 141 Å². The fourth-order valence-corrected chi connectivity index (χ4v) is 34.8. The zero-order chi connectivity index (χ0) is 94.1. The summed E-state index contributed by atoms with van der Waals surface area (Å²) in [5.41, 5.74) is 9.93. The van der Waals surface area contributed by atoms with Gasteiger partial charge in [0.2, 0.25) is 0 Å². The zero-order valence-electron chi connectivity index (χ0n) is 74.4. The number of ether oxygens (including phenoxy) is 6. The summed E-state index contributed by atoms with van der Waals surface area (Å²) in [6.45, 7) is 2.08. The van der Waals surface area contributed by atoms with Gasteiger partial charge in [0.25, 0.3) is 65.5 Å². The lowest BCUT2D eigenvalue weighted by Crippen LogP contribution is -2.72. The van der Waals surface area contributed by atoms with Crippen LogP contribution < -0.4 is 12.9 Å². The van der Waals surface area contributed by atoms with Crippen LogP contribution >= 0.6 is 69.5 Å². The zero-order valence-corrected chi connectivity index (χ0v) is 81.8. The van der Waals surface area contributed by atoms with Gasteiger partial charge in [-0.2, -0.15) is 0 Å². The molecule has 0 unspecified atom stereocenters. The van der Waals surface area contributed by atoms with Gasteiger partial charge in [0.05, 0.1) is 105 Å². The van der Waals surface area contributed by atoms with E-state index in [1.54, 1.807) is 161 Å². The van der Waals surface area contributed by atoms with E-state index in [9.17, 15) is 36.0 Å². The number of hydrogen-bond donors (Lipinski definition) is 1. The van der Waals surface area contributed by atoms with Gasteiger partial charge in [0.15, 0.2) is 30.7 Å². The first kappa shape index (κ1) is 99.7. The number of nitrogens with zero attached hydrogens (tertiary/aromatic N) is 9. The van der Waals surface area contributed by atoms with Gasteiger partial charge in [0, 0.05) is 61.7 Å². The van der Waals surface area contributed by atoms with E-state index in [2.05, 4.69) is 42.5 Å². The molecule has 36 heteroatoms. The number of likely N-dealkylation sites (N-methyl/N-ethyl adjacent to an activating group) is 3. The number of anilines is 3. The van der Waals surface area contributed by atoms with Gasteiger partial charge in [-0.3, -0.25) is 43.5 Å². The molecule has 12 atom stereocenters. The van der Waals surface area contributed by atoms with Gasteiger partial charge in [-0.05, 0) is 141 Å². The summed E-state index contributed by atoms with van der Waals surface area (Å²) in [5, 5.41) is -2.60. The third-order valence-corrected chi connectivity index (χ3v) is 40.8. The highest BCUT2D eigenvalue weighted by atomic mass is 33.1. The van der Waals surface area contributed by atoms with E-state index in [0.717, 1.165) is 66.8 Å². The van der Waals surface area contributed by atoms with Crippen LogP contribution in [0.1, 0.15) is 91.6 Å². The predicted molar refractivity (Wildman–Crippen MR) is 546 cm³/mol. The minimum atomic E-state index is -4.28. The minimum Gasteiger partial charge on any atom is -0.382 e. The summed E-state index contributed by atoms with van der Waals surface area (Å²) >= 11 is 8.64. The number of carbonyl (C=O) groups excluding carboxylic acids is 6. The number of amides is 6. The summed E-state index contributed by atoms with van der Waals surface area (Å²) in [6.07, 6.45) is 5.88. The lowest BCUT2D eigenvalue weighted by atomic mass is 9.70. The van der Waals surface area contributed by atoms with Crippen LogP contribution in [0, 0.1) is 0 Å². The molecule has 11 aliphatic heterocycles. The standard InChI is InChI=1S/C37H41N3O8S3.C33H33N3O6S3.C29H23N3O4S3.3CH4/c1-38-33(49-24-47-21-19-45-2)32(41)39-34-36(29-18-17-26-11-7-8-14-28(26)29,23-37(39,35(38)42)50-25-48-22-20-46-3)30-15-9-10-16-31(30)40(34)51(43,44)27-12-5-4-6-13-27;1-34-29(44-21-42-19-18-41-2)28(37)35-30-32(20-33(35,43)31(34)38,25-17-16-22-10-6-7-13-24(22)25)26-14-8-9-15-27(26)36(30)45(39,40)23-11-4-3-5-12-23;1-30-25-24(33)31-26-28(17-29(31,27(30)34)38-37-25,21-16-15-18-9-5-6-12-20(18)21)22-13-7-8-14-23(22)32(26)39(35,36)19-10-3-2-4-11-19;;;/h4-16,18,33-34H,17,19-25H2,1-3H3;3-15,17,29-30,43H,16,18-21H2,1-2H3;2-14,16,25-26H,15,17H2,1H3;3*1H4/t33-,34-,36-,37-;29-,30-,32-,33-;25-,26-,28-,29-;;;/m000.../s1. The maximum atomic E-state index is 15.2. The van der Waals surface area contributed by atoms with Crippen molar-refractivity contribution in [1.82, 2.24) is 29.4 Å². The molecule has 2 bridgehead atoms. The molecule has 0 radical (unpaired) electrons. The van der Waals surface area contributed by atoms with Crippen molar-refractivity contribution >= 4 is 169 Å². The molecule has 0 N–H and O–H groups in total. The summed E-state index contributed by atoms with van der Waals surface area (Å²) in [5.74, 6) is -1.45. The van der Waals surface area contributed by atoms with Crippen molar-refractivity contribution in [3.8, 4) is 0 Å². The van der Waals surface area contributed by atoms with Gasteiger partial charge in [-0.1, -0.05) is 279 Å². The Balaban J connectivity index is 0.000000143. The number of carbonyl (C=O) groups is 6. The monoisotopic (exact) mass is 2040 g/mol. The number of thiol groups is 1. The van der Waals surface area contributed by atoms with Gasteiger partial charge in [0.1, 0.15) is 18.5 Å². The number of allylic oxidation sites excluding steroid dienone is 3. The number of sulfonamides is 3. The number of methoxy groups -OCH3 is 3. The summed E-state index contributed by atoms with van der Waals surface area (Å²) in [6, 6.07) is 71.5. The fraction of sp³-hybridized carbons (Fsp3) is 0.353. The molecule has 14 aliphatic rings. The minimum absolute atomic E-state index is 0. The van der Waals surface area contributed by atoms with E-state index in [1.807, 2.05) is 103 Å². The average molecular weight is 2040 g/mol. The van der Waals surface area contributed by atoms with E-state index in [-0.39, 0.29) is 97.2 Å². The van der Waals surface area contributed by atoms with Crippen LogP contribution in [0.2, 0.25) is 0 Å². The molecule has 27 nitrogen and oxygen atoms in total. The number of hydrogen-bond acceptors (Lipinski definition) is 24. The first-order valence-corrected chi connectivity index (χ1v) is 54.2. The lowest BCUT2D eigenvalue weighted by Gasteiger charge is -2.53. The van der Waals surface area contributed by atoms with Crippen molar-refractivity contribution in [3.63, 3.8) is 0 Å². The van der Waals surface area contributed by atoms with E-state index in [1.165, 1.54) is 89.4 Å². The number of fused-ring (bicyclic) bond motifs is 18. The van der Waals surface area contributed by atoms with Crippen molar-refractivity contribution in [2.75, 3.05) is 113 Å². The van der Waals surface area contributed by atoms with E-state index in [0.29, 0.717) is 82.4 Å². The van der Waals surface area contributed by atoms with Gasteiger partial charge < -0.3 is 43.1 Å². The maximum absolute atomic E-state index is 15.2. The second-order valence-corrected chi connectivity index (χ2v) is 46.9. The average Bonchev–Trinajstić information content (AvgIpc) is 1.47. The molecule has 0 saturated carbocycles. The summed E-state index contributed by atoms with van der Waals surface area (Å²) in [7, 11) is -0.153. The molecule has 11 heterocycles. The van der Waals surface area contributed by atoms with Crippen LogP contribution in [0.25, 0.3) is 16.7 Å². The highest BCUT2D eigenvalue weighted by molar-refractivity contribution is 8.78. The SMILES string of the molecule is C.C.C.CN1C(=O)[C@@]23C[C@]4(C5=CCc6ccccc65)c5ccccc5N(S(=O)(=O)c5ccccc5)[C@@H]4N2C(=O)[C@@H]1SS3.COCCOCS[C@H]1C(=O)N2[C@H]3N(S(=O)(=O)c4ccccc4)c4ccccc4[C@@]3(C3=CCc4ccccc43)C[C@]2(S)C(=O)N1C.COCCOCS[C@H]1C(=O)N2[C@H]3N(S(=O)(=O)c4ccccc4)c4ccccc4[C@@]3(C3=CCc4ccccc43)C[C@]2(SCOCCOC)C(=O)N1C. The Kier molecular flexibility index (Phi) is 27.8. The molecular formula is C102H109N9O18S9. The van der Waals surface area contributed by atoms with Crippen LogP contribution in [0.5, 0.6) is 0 Å². The molecule has 8 fully saturated rings. The van der Waals surface area contributed by atoms with Crippen molar-refractivity contribution in [2.24, 2.45) is 0 Å². The molecule has 9 aromatic carbocycles. The highest BCUT2D eigenvalue weighted by Crippen LogP contribution is 2.73. The summed E-state index contributed by atoms with van der Waals surface area (Å²) in [4.78, 5) is 92.8. The van der Waals surface area contributed by atoms with Crippen LogP contribution in [-0.4, -0.2) is 239 Å². The molecule has 23 rings (SSSR count). The molecule has 138 heavy (non-hydrogen) atoms. The molecule has 1 spiro atoms. The Morgan fingerprint density at radius 1 is 0.377 bits per heavy atom. The van der Waals surface area contributed by atoms with E-state index < -0.39 is 101 Å². The Hall–Kier alpha value is -9.87. The lowest BCUT2D eigenvalue weighted by molar-refractivity contribution is -0.158. The third kappa shape index (κ3) is 15.0. The molecule has 9 aromatic rings. The third-order valence-electron chi connectivity index (χ3n) is 28.1. The van der Waals surface area contributed by atoms with Crippen LogP contribution in [0.3, 0.4) is 0 Å². The molecule has 6 amide bonds. The Bertz CT molecular complexity index is 6760. The molecule has 724 valence electrons.